The van der Waals surface area contributed by atoms with Crippen LogP contribution in [0.3, 0.4) is 0 Å². The molecule has 6 heteroatoms. The predicted octanol–water partition coefficient (Wildman–Crippen LogP) is 5.46. The second kappa shape index (κ2) is 7.71. The van der Waals surface area contributed by atoms with Gasteiger partial charge in [-0.25, -0.2) is 14.3 Å². The van der Waals surface area contributed by atoms with Crippen LogP contribution in [0.1, 0.15) is 5.56 Å². The number of aromatic amines is 1. The van der Waals surface area contributed by atoms with Gasteiger partial charge in [0.15, 0.2) is 0 Å². The third-order valence-corrected chi connectivity index (χ3v) is 5.94. The monoisotopic (exact) mass is 445 g/mol. The molecule has 3 heterocycles. The van der Waals surface area contributed by atoms with Crippen molar-refractivity contribution in [3.05, 3.63) is 117 Å². The number of benzene rings is 3. The molecule has 164 valence electrons. The Morgan fingerprint density at radius 1 is 0.824 bits per heavy atom. The van der Waals surface area contributed by atoms with Crippen LogP contribution in [0.4, 0.5) is 0 Å². The van der Waals surface area contributed by atoms with Crippen LogP contribution in [0, 0.1) is 6.92 Å². The van der Waals surface area contributed by atoms with Crippen LogP contribution in [0.5, 0.6) is 0 Å². The van der Waals surface area contributed by atoms with Crippen LogP contribution in [0.2, 0.25) is 0 Å². The van der Waals surface area contributed by atoms with Crippen molar-refractivity contribution in [3.8, 4) is 28.1 Å². The van der Waals surface area contributed by atoms with E-state index in [1.54, 1.807) is 12.1 Å². The molecule has 1 N–H and O–H groups in total. The van der Waals surface area contributed by atoms with Crippen LogP contribution < -0.4 is 11.2 Å². The van der Waals surface area contributed by atoms with E-state index in [9.17, 15) is 9.59 Å². The van der Waals surface area contributed by atoms with Crippen molar-refractivity contribution in [2.75, 3.05) is 0 Å². The summed E-state index contributed by atoms with van der Waals surface area (Å²) >= 11 is 0. The van der Waals surface area contributed by atoms with Gasteiger partial charge in [0.1, 0.15) is 5.52 Å². The van der Waals surface area contributed by atoms with Crippen molar-refractivity contribution in [1.82, 2.24) is 14.5 Å². The maximum Gasteiger partial charge on any atom is 0.333 e. The van der Waals surface area contributed by atoms with Crippen molar-refractivity contribution >= 4 is 22.2 Å². The first-order valence-electron chi connectivity index (χ1n) is 10.9. The minimum Gasteiger partial charge on any atom is -0.430 e. The van der Waals surface area contributed by atoms with E-state index in [2.05, 4.69) is 4.98 Å². The first-order chi connectivity index (χ1) is 16.6. The van der Waals surface area contributed by atoms with E-state index < -0.39 is 11.2 Å². The molecule has 6 rings (SSSR count). The minimum atomic E-state index is -0.532. The molecule has 0 spiro atoms. The Morgan fingerprint density at radius 3 is 2.15 bits per heavy atom. The molecule has 0 aliphatic heterocycles. The average molecular weight is 445 g/mol. The van der Waals surface area contributed by atoms with Crippen LogP contribution in [-0.2, 0) is 0 Å². The molecule has 0 atom stereocenters. The number of furan rings is 1. The topological polar surface area (TPSA) is 80.9 Å². The molecule has 0 aliphatic rings. The first kappa shape index (κ1) is 19.9. The molecular weight excluding hydrogens is 426 g/mol. The Labute approximate surface area is 193 Å². The van der Waals surface area contributed by atoms with Crippen molar-refractivity contribution < 1.29 is 4.42 Å². The first-order valence-corrected chi connectivity index (χ1v) is 10.9. The van der Waals surface area contributed by atoms with Gasteiger partial charge in [-0.15, -0.1) is 0 Å². The predicted molar refractivity (Wildman–Crippen MR) is 133 cm³/mol. The molecule has 0 amide bonds. The molecule has 34 heavy (non-hydrogen) atoms. The zero-order valence-corrected chi connectivity index (χ0v) is 18.3. The molecule has 3 aromatic carbocycles. The molecule has 0 fully saturated rings. The third-order valence-electron chi connectivity index (χ3n) is 5.94. The van der Waals surface area contributed by atoms with E-state index >= 15 is 0 Å². The lowest BCUT2D eigenvalue weighted by Crippen LogP contribution is -2.33. The SMILES string of the molecule is Cc1ccc(-n2c(=O)[nH]c3c(oc4nc(-c5ccccc5)cc(-c5ccccc5)c43)c2=O)cc1. The number of hydrogen-bond donors (Lipinski definition) is 1. The average Bonchev–Trinajstić information content (AvgIpc) is 3.24. The van der Waals surface area contributed by atoms with Gasteiger partial charge in [0, 0.05) is 5.56 Å². The molecule has 6 aromatic rings. The largest absolute Gasteiger partial charge is 0.430 e. The maximum absolute atomic E-state index is 13.4. The number of nitrogens with zero attached hydrogens (tertiary/aromatic N) is 2. The smallest absolute Gasteiger partial charge is 0.333 e. The summed E-state index contributed by atoms with van der Waals surface area (Å²) in [5, 5.41) is 0.603. The highest BCUT2D eigenvalue weighted by Gasteiger charge is 2.21. The lowest BCUT2D eigenvalue weighted by atomic mass is 10.00. The molecular formula is C28H19N3O3. The molecule has 0 unspecified atom stereocenters. The number of H-pyrrole nitrogens is 1. The third kappa shape index (κ3) is 3.16. The number of aromatic nitrogens is 3. The van der Waals surface area contributed by atoms with Gasteiger partial charge in [-0.3, -0.25) is 4.79 Å². The molecule has 0 aliphatic carbocycles. The summed E-state index contributed by atoms with van der Waals surface area (Å²) < 4.78 is 7.12. The van der Waals surface area contributed by atoms with Gasteiger partial charge in [-0.2, -0.15) is 0 Å². The van der Waals surface area contributed by atoms with E-state index in [1.165, 1.54) is 0 Å². The fourth-order valence-corrected chi connectivity index (χ4v) is 4.26. The highest BCUT2D eigenvalue weighted by Crippen LogP contribution is 2.36. The van der Waals surface area contributed by atoms with E-state index in [4.69, 9.17) is 9.40 Å². The Morgan fingerprint density at radius 2 is 1.47 bits per heavy atom. The van der Waals surface area contributed by atoms with E-state index in [0.29, 0.717) is 28.0 Å². The molecule has 0 saturated heterocycles. The molecule has 3 aromatic heterocycles. The number of aryl methyl sites for hydroxylation is 1. The summed E-state index contributed by atoms with van der Waals surface area (Å²) in [6.45, 7) is 1.94. The van der Waals surface area contributed by atoms with Crippen molar-refractivity contribution in [1.29, 1.82) is 0 Å². The van der Waals surface area contributed by atoms with Crippen molar-refractivity contribution in [2.45, 2.75) is 6.92 Å². The van der Waals surface area contributed by atoms with Crippen LogP contribution in [-0.4, -0.2) is 14.5 Å². The van der Waals surface area contributed by atoms with Crippen molar-refractivity contribution in [2.24, 2.45) is 0 Å². The quantitative estimate of drug-likeness (QED) is 0.392. The minimum absolute atomic E-state index is 0.0602. The highest BCUT2D eigenvalue weighted by atomic mass is 16.3. The van der Waals surface area contributed by atoms with Gasteiger partial charge in [-0.05, 0) is 36.2 Å². The van der Waals surface area contributed by atoms with Crippen molar-refractivity contribution in [3.63, 3.8) is 0 Å². The fourth-order valence-electron chi connectivity index (χ4n) is 4.26. The number of hydrogen-bond acceptors (Lipinski definition) is 4. The zero-order chi connectivity index (χ0) is 23.2. The van der Waals surface area contributed by atoms with Gasteiger partial charge in [0.25, 0.3) is 0 Å². The zero-order valence-electron chi connectivity index (χ0n) is 18.3. The second-order valence-corrected chi connectivity index (χ2v) is 8.18. The van der Waals surface area contributed by atoms with Gasteiger partial charge in [0.2, 0.25) is 11.3 Å². The van der Waals surface area contributed by atoms with Gasteiger partial charge in [-0.1, -0.05) is 78.4 Å². The Bertz CT molecular complexity index is 1780. The summed E-state index contributed by atoms with van der Waals surface area (Å²) in [5.74, 6) is 0. The molecule has 0 radical (unpaired) electrons. The molecule has 6 nitrogen and oxygen atoms in total. The number of pyridine rings is 1. The Hall–Kier alpha value is -4.71. The summed E-state index contributed by atoms with van der Waals surface area (Å²) in [7, 11) is 0. The van der Waals surface area contributed by atoms with E-state index in [-0.39, 0.29) is 5.58 Å². The highest BCUT2D eigenvalue weighted by molar-refractivity contribution is 6.10. The van der Waals surface area contributed by atoms with Crippen LogP contribution >= 0.6 is 0 Å². The lowest BCUT2D eigenvalue weighted by molar-refractivity contribution is 0.642. The second-order valence-electron chi connectivity index (χ2n) is 8.18. The van der Waals surface area contributed by atoms with Crippen LogP contribution in [0.15, 0.2) is 105 Å². The summed E-state index contributed by atoms with van der Waals surface area (Å²) in [4.78, 5) is 34.1. The van der Waals surface area contributed by atoms with Gasteiger partial charge in [0.05, 0.1) is 16.8 Å². The number of rotatable bonds is 3. The fraction of sp³-hybridized carbons (Fsp3) is 0.0357. The normalized spacial score (nSPS) is 11.3. The van der Waals surface area contributed by atoms with E-state index in [0.717, 1.165) is 26.8 Å². The number of nitrogens with one attached hydrogen (secondary N) is 1. The molecule has 0 saturated carbocycles. The Balaban J connectivity index is 1.71. The Kier molecular flexibility index (Phi) is 4.52. The maximum atomic E-state index is 13.4. The summed E-state index contributed by atoms with van der Waals surface area (Å²) in [6.07, 6.45) is 0. The summed E-state index contributed by atoms with van der Waals surface area (Å²) in [6, 6.07) is 28.7. The van der Waals surface area contributed by atoms with Gasteiger partial charge < -0.3 is 9.40 Å². The van der Waals surface area contributed by atoms with E-state index in [1.807, 2.05) is 85.8 Å². The number of fused-ring (bicyclic) bond motifs is 3. The van der Waals surface area contributed by atoms with Gasteiger partial charge >= 0.3 is 11.2 Å². The summed E-state index contributed by atoms with van der Waals surface area (Å²) in [5.41, 5.74) is 4.54. The standard InChI is InChI=1S/C28H19N3O3/c1-17-12-14-20(15-13-17)31-27(32)25-24(30-28(31)33)23-21(18-8-4-2-5-9-18)16-22(29-26(23)34-25)19-10-6-3-7-11-19/h2-16H,1H3,(H,30,33). The molecule has 0 bridgehead atoms. The lowest BCUT2D eigenvalue weighted by Gasteiger charge is -2.08. The van der Waals surface area contributed by atoms with Crippen LogP contribution in [0.25, 0.3) is 50.3 Å².